The summed E-state index contributed by atoms with van der Waals surface area (Å²) in [6.45, 7) is 3.85. The average molecular weight is 326 g/mol. The molecule has 1 aromatic heterocycles. The van der Waals surface area contributed by atoms with E-state index < -0.39 is 0 Å². The Kier molecular flexibility index (Phi) is 3.38. The van der Waals surface area contributed by atoms with Crippen molar-refractivity contribution in [2.45, 2.75) is 13.8 Å². The van der Waals surface area contributed by atoms with Gasteiger partial charge in [0.05, 0.1) is 17.6 Å². The predicted octanol–water partition coefficient (Wildman–Crippen LogP) is 3.49. The second kappa shape index (κ2) is 4.78. The summed E-state index contributed by atoms with van der Waals surface area (Å²) in [5.41, 5.74) is 1.82. The third-order valence-electron chi connectivity index (χ3n) is 2.21. The van der Waals surface area contributed by atoms with Crippen LogP contribution in [0.3, 0.4) is 0 Å². The van der Waals surface area contributed by atoms with Crippen LogP contribution < -0.4 is 4.74 Å². The molecule has 4 heteroatoms. The summed E-state index contributed by atoms with van der Waals surface area (Å²) in [5.74, 6) is 1.31. The summed E-state index contributed by atoms with van der Waals surface area (Å²) in [6.07, 6.45) is 1.64. The molecule has 2 aromatic rings. The molecule has 0 aliphatic rings. The van der Waals surface area contributed by atoms with Crippen molar-refractivity contribution in [3.8, 4) is 11.6 Å². The first-order valence-corrected chi connectivity index (χ1v) is 5.97. The molecule has 0 saturated carbocycles. The molecule has 82 valence electrons. The number of rotatable bonds is 2. The molecule has 1 heterocycles. The zero-order valence-electron chi connectivity index (χ0n) is 9.07. The second-order valence-corrected chi connectivity index (χ2v) is 4.68. The summed E-state index contributed by atoms with van der Waals surface area (Å²) in [4.78, 5) is 8.51. The van der Waals surface area contributed by atoms with Crippen LogP contribution in [0.2, 0.25) is 0 Å². The standard InChI is InChI=1S/C12H11IN2O/c1-8-9(2)15-12(7-14-8)16-11-5-3-10(13)4-6-11/h3-7H,1-2H3. The number of hydrogen-bond donors (Lipinski definition) is 0. The van der Waals surface area contributed by atoms with E-state index in [1.807, 2.05) is 38.1 Å². The molecule has 0 N–H and O–H groups in total. The predicted molar refractivity (Wildman–Crippen MR) is 70.7 cm³/mol. The van der Waals surface area contributed by atoms with Crippen LogP contribution in [0.1, 0.15) is 11.4 Å². The topological polar surface area (TPSA) is 35.0 Å². The number of nitrogens with zero attached hydrogens (tertiary/aromatic N) is 2. The fraction of sp³-hybridized carbons (Fsp3) is 0.167. The van der Waals surface area contributed by atoms with Gasteiger partial charge in [0.2, 0.25) is 5.88 Å². The quantitative estimate of drug-likeness (QED) is 0.793. The van der Waals surface area contributed by atoms with Gasteiger partial charge in [0.1, 0.15) is 5.75 Å². The molecule has 0 atom stereocenters. The molecule has 0 aliphatic heterocycles. The highest BCUT2D eigenvalue weighted by atomic mass is 127. The van der Waals surface area contributed by atoms with E-state index in [4.69, 9.17) is 4.74 Å². The molecular formula is C12H11IN2O. The molecule has 3 nitrogen and oxygen atoms in total. The van der Waals surface area contributed by atoms with Crippen molar-refractivity contribution < 1.29 is 4.74 Å². The van der Waals surface area contributed by atoms with Crippen molar-refractivity contribution >= 4 is 22.6 Å². The van der Waals surface area contributed by atoms with Crippen LogP contribution in [0.5, 0.6) is 11.6 Å². The zero-order valence-corrected chi connectivity index (χ0v) is 11.2. The lowest BCUT2D eigenvalue weighted by Crippen LogP contribution is -1.94. The normalized spacial score (nSPS) is 10.2. The maximum absolute atomic E-state index is 5.59. The van der Waals surface area contributed by atoms with Crippen LogP contribution in [0, 0.1) is 17.4 Å². The number of ether oxygens (including phenoxy) is 1. The monoisotopic (exact) mass is 326 g/mol. The van der Waals surface area contributed by atoms with Crippen molar-refractivity contribution in [3.05, 3.63) is 45.4 Å². The Hall–Kier alpha value is -1.17. The van der Waals surface area contributed by atoms with Gasteiger partial charge in [-0.05, 0) is 60.7 Å². The minimum Gasteiger partial charge on any atom is -0.437 e. The largest absolute Gasteiger partial charge is 0.437 e. The van der Waals surface area contributed by atoms with Crippen molar-refractivity contribution in [1.29, 1.82) is 0 Å². The van der Waals surface area contributed by atoms with E-state index >= 15 is 0 Å². The smallest absolute Gasteiger partial charge is 0.238 e. The molecule has 16 heavy (non-hydrogen) atoms. The van der Waals surface area contributed by atoms with Gasteiger partial charge in [0.15, 0.2) is 0 Å². The Bertz CT molecular complexity index is 497. The SMILES string of the molecule is Cc1ncc(Oc2ccc(I)cc2)nc1C. The van der Waals surface area contributed by atoms with Crippen LogP contribution in [0.4, 0.5) is 0 Å². The first-order valence-electron chi connectivity index (χ1n) is 4.89. The summed E-state index contributed by atoms with van der Waals surface area (Å²) in [6, 6.07) is 7.81. The summed E-state index contributed by atoms with van der Waals surface area (Å²) in [7, 11) is 0. The molecule has 0 radical (unpaired) electrons. The third kappa shape index (κ3) is 2.69. The van der Waals surface area contributed by atoms with Crippen LogP contribution >= 0.6 is 22.6 Å². The molecular weight excluding hydrogens is 315 g/mol. The van der Waals surface area contributed by atoms with E-state index in [1.54, 1.807) is 6.20 Å². The fourth-order valence-electron chi connectivity index (χ4n) is 1.19. The minimum absolute atomic E-state index is 0.532. The number of aromatic nitrogens is 2. The lowest BCUT2D eigenvalue weighted by Gasteiger charge is -2.05. The second-order valence-electron chi connectivity index (χ2n) is 3.44. The average Bonchev–Trinajstić information content (AvgIpc) is 2.27. The maximum atomic E-state index is 5.59. The van der Waals surface area contributed by atoms with E-state index in [2.05, 4.69) is 32.6 Å². The zero-order chi connectivity index (χ0) is 11.5. The van der Waals surface area contributed by atoms with Gasteiger partial charge in [-0.1, -0.05) is 0 Å². The Morgan fingerprint density at radius 3 is 2.38 bits per heavy atom. The van der Waals surface area contributed by atoms with Crippen LogP contribution in [0.25, 0.3) is 0 Å². The molecule has 0 amide bonds. The number of hydrogen-bond acceptors (Lipinski definition) is 3. The molecule has 0 fully saturated rings. The van der Waals surface area contributed by atoms with E-state index in [0.717, 1.165) is 17.1 Å². The van der Waals surface area contributed by atoms with Gasteiger partial charge >= 0.3 is 0 Å². The van der Waals surface area contributed by atoms with Crippen LogP contribution in [-0.2, 0) is 0 Å². The number of halogens is 1. The lowest BCUT2D eigenvalue weighted by molar-refractivity contribution is 0.458. The Labute approximate surface area is 108 Å². The van der Waals surface area contributed by atoms with Gasteiger partial charge < -0.3 is 4.74 Å². The van der Waals surface area contributed by atoms with Gasteiger partial charge in [-0.2, -0.15) is 0 Å². The van der Waals surface area contributed by atoms with Crippen molar-refractivity contribution in [2.24, 2.45) is 0 Å². The van der Waals surface area contributed by atoms with Gasteiger partial charge in [-0.3, -0.25) is 4.98 Å². The molecule has 0 aliphatic carbocycles. The van der Waals surface area contributed by atoms with Crippen molar-refractivity contribution in [2.75, 3.05) is 0 Å². The lowest BCUT2D eigenvalue weighted by atomic mass is 10.3. The molecule has 0 saturated heterocycles. The molecule has 0 bridgehead atoms. The van der Waals surface area contributed by atoms with Gasteiger partial charge in [0.25, 0.3) is 0 Å². The molecule has 0 unspecified atom stereocenters. The van der Waals surface area contributed by atoms with Crippen LogP contribution in [-0.4, -0.2) is 9.97 Å². The van der Waals surface area contributed by atoms with Crippen molar-refractivity contribution in [1.82, 2.24) is 9.97 Å². The molecule has 1 aromatic carbocycles. The van der Waals surface area contributed by atoms with Crippen LogP contribution in [0.15, 0.2) is 30.5 Å². The highest BCUT2D eigenvalue weighted by Crippen LogP contribution is 2.20. The minimum atomic E-state index is 0.532. The summed E-state index contributed by atoms with van der Waals surface area (Å²) < 4.78 is 6.77. The van der Waals surface area contributed by atoms with Gasteiger partial charge in [0, 0.05) is 3.57 Å². The molecule has 0 spiro atoms. The van der Waals surface area contributed by atoms with Gasteiger partial charge in [-0.15, -0.1) is 0 Å². The van der Waals surface area contributed by atoms with E-state index in [-0.39, 0.29) is 0 Å². The van der Waals surface area contributed by atoms with Crippen molar-refractivity contribution in [3.63, 3.8) is 0 Å². The third-order valence-corrected chi connectivity index (χ3v) is 2.93. The van der Waals surface area contributed by atoms with E-state index in [0.29, 0.717) is 5.88 Å². The summed E-state index contributed by atoms with van der Waals surface area (Å²) >= 11 is 2.25. The maximum Gasteiger partial charge on any atom is 0.238 e. The molecule has 2 rings (SSSR count). The highest BCUT2D eigenvalue weighted by Gasteiger charge is 2.01. The number of aryl methyl sites for hydroxylation is 2. The Morgan fingerprint density at radius 1 is 1.06 bits per heavy atom. The fourth-order valence-corrected chi connectivity index (χ4v) is 1.55. The Morgan fingerprint density at radius 2 is 1.75 bits per heavy atom. The van der Waals surface area contributed by atoms with Gasteiger partial charge in [-0.25, -0.2) is 4.98 Å². The van der Waals surface area contributed by atoms with E-state index in [1.165, 1.54) is 3.57 Å². The Balaban J connectivity index is 2.20. The summed E-state index contributed by atoms with van der Waals surface area (Å²) in [5, 5.41) is 0. The first-order chi connectivity index (χ1) is 7.65. The first kappa shape index (κ1) is 11.3. The van der Waals surface area contributed by atoms with E-state index in [9.17, 15) is 0 Å². The number of benzene rings is 1. The highest BCUT2D eigenvalue weighted by molar-refractivity contribution is 14.1.